The minimum absolute atomic E-state index is 0.276. The van der Waals surface area contributed by atoms with E-state index in [1.54, 1.807) is 49.5 Å². The molecule has 0 aliphatic carbocycles. The van der Waals surface area contributed by atoms with E-state index in [-0.39, 0.29) is 6.10 Å². The van der Waals surface area contributed by atoms with Crippen molar-refractivity contribution in [1.82, 2.24) is 8.87 Å². The summed E-state index contributed by atoms with van der Waals surface area (Å²) in [7, 11) is -3.18. The molecule has 3 heterocycles. The standard InChI is InChI=1S/C26H31FN2O6S/c1-25(2,3)35-24(30)29-14-21(20-8-7-18(27)11-22(20)29)16-6-9-23-17(10-16)12-28(36(23,31)32)13-19-15-33-26(4,5)34-19/h6-11,14,19,31-32H,12-13,15H2,1-5H3. The average molecular weight is 519 g/mol. The van der Waals surface area contributed by atoms with Crippen LogP contribution in [0.15, 0.2) is 47.5 Å². The summed E-state index contributed by atoms with van der Waals surface area (Å²) in [6.07, 6.45) is 0.755. The Morgan fingerprint density at radius 2 is 1.97 bits per heavy atom. The van der Waals surface area contributed by atoms with Crippen LogP contribution in [0.25, 0.3) is 22.0 Å². The molecule has 194 valence electrons. The van der Waals surface area contributed by atoms with E-state index >= 15 is 0 Å². The van der Waals surface area contributed by atoms with Crippen LogP contribution in [0.1, 0.15) is 40.2 Å². The van der Waals surface area contributed by atoms with E-state index in [0.29, 0.717) is 41.1 Å². The number of carbonyl (C=O) groups excluding carboxylic acids is 1. The van der Waals surface area contributed by atoms with E-state index in [4.69, 9.17) is 14.2 Å². The van der Waals surface area contributed by atoms with Crippen LogP contribution in [0.5, 0.6) is 0 Å². The first-order chi connectivity index (χ1) is 16.7. The van der Waals surface area contributed by atoms with Crippen LogP contribution >= 0.6 is 10.8 Å². The van der Waals surface area contributed by atoms with Gasteiger partial charge < -0.3 is 14.2 Å². The smallest absolute Gasteiger partial charge is 0.419 e. The zero-order chi connectivity index (χ0) is 26.0. The molecule has 0 spiro atoms. The van der Waals surface area contributed by atoms with Crippen molar-refractivity contribution in [3.8, 4) is 11.1 Å². The number of aromatic nitrogens is 1. The monoisotopic (exact) mass is 518 g/mol. The first-order valence-corrected chi connectivity index (χ1v) is 13.3. The Hall–Kier alpha value is -2.47. The molecule has 1 saturated heterocycles. The fraction of sp³-hybridized carbons (Fsp3) is 0.423. The maximum absolute atomic E-state index is 14.1. The lowest BCUT2D eigenvalue weighted by Gasteiger charge is -2.38. The summed E-state index contributed by atoms with van der Waals surface area (Å²) in [5.41, 5.74) is 1.93. The molecule has 2 aromatic carbocycles. The van der Waals surface area contributed by atoms with Gasteiger partial charge in [0.05, 0.1) is 23.1 Å². The third-order valence-electron chi connectivity index (χ3n) is 6.21. The number of ether oxygens (including phenoxy) is 3. The highest BCUT2D eigenvalue weighted by atomic mass is 32.3. The predicted molar refractivity (Wildman–Crippen MR) is 135 cm³/mol. The molecule has 5 rings (SSSR count). The molecule has 0 saturated carbocycles. The number of nitrogens with zero attached hydrogens (tertiary/aromatic N) is 2. The third kappa shape index (κ3) is 4.65. The Morgan fingerprint density at radius 3 is 2.64 bits per heavy atom. The van der Waals surface area contributed by atoms with Crippen LogP contribution in [0.3, 0.4) is 0 Å². The first-order valence-electron chi connectivity index (χ1n) is 11.8. The predicted octanol–water partition coefficient (Wildman–Crippen LogP) is 6.22. The number of fused-ring (bicyclic) bond motifs is 2. The van der Waals surface area contributed by atoms with Crippen molar-refractivity contribution in [1.29, 1.82) is 0 Å². The highest BCUT2D eigenvalue weighted by Gasteiger charge is 2.40. The topological polar surface area (TPSA) is 93.4 Å². The summed E-state index contributed by atoms with van der Waals surface area (Å²) >= 11 is 0. The number of halogens is 1. The summed E-state index contributed by atoms with van der Waals surface area (Å²) < 4.78 is 56.1. The summed E-state index contributed by atoms with van der Waals surface area (Å²) in [5, 5.41) is 0.683. The van der Waals surface area contributed by atoms with E-state index in [1.165, 1.54) is 16.7 Å². The zero-order valence-corrected chi connectivity index (χ0v) is 21.8. The molecule has 2 aliphatic heterocycles. The van der Waals surface area contributed by atoms with E-state index in [1.807, 2.05) is 19.9 Å². The molecule has 0 radical (unpaired) electrons. The molecule has 0 bridgehead atoms. The highest BCUT2D eigenvalue weighted by molar-refractivity contribution is 8.22. The molecule has 1 aromatic heterocycles. The zero-order valence-electron chi connectivity index (χ0n) is 20.9. The van der Waals surface area contributed by atoms with Gasteiger partial charge in [-0.25, -0.2) is 9.18 Å². The lowest BCUT2D eigenvalue weighted by atomic mass is 10.0. The largest absolute Gasteiger partial charge is 0.443 e. The van der Waals surface area contributed by atoms with Gasteiger partial charge in [0.2, 0.25) is 0 Å². The molecule has 1 unspecified atom stereocenters. The first kappa shape index (κ1) is 25.2. The molecule has 8 nitrogen and oxygen atoms in total. The summed E-state index contributed by atoms with van der Waals surface area (Å²) in [5.74, 6) is -1.16. The van der Waals surface area contributed by atoms with Crippen molar-refractivity contribution >= 4 is 27.8 Å². The number of carbonyl (C=O) groups is 1. The normalized spacial score (nSPS) is 22.1. The van der Waals surface area contributed by atoms with Gasteiger partial charge in [0, 0.05) is 30.2 Å². The second kappa shape index (κ2) is 8.54. The minimum atomic E-state index is -3.18. The Balaban J connectivity index is 1.49. The van der Waals surface area contributed by atoms with E-state index in [2.05, 4.69) is 0 Å². The molecule has 10 heteroatoms. The lowest BCUT2D eigenvalue weighted by Crippen LogP contribution is -2.33. The molecule has 2 aliphatic rings. The molecular weight excluding hydrogens is 487 g/mol. The number of hydrogen-bond donors (Lipinski definition) is 2. The molecule has 3 aromatic rings. The minimum Gasteiger partial charge on any atom is -0.443 e. The number of rotatable bonds is 3. The van der Waals surface area contributed by atoms with Gasteiger partial charge in [-0.05, 0) is 76.1 Å². The second-order valence-electron chi connectivity index (χ2n) is 10.7. The summed E-state index contributed by atoms with van der Waals surface area (Å²) in [6, 6.07) is 9.66. The van der Waals surface area contributed by atoms with Crippen LogP contribution in [0.4, 0.5) is 9.18 Å². The van der Waals surface area contributed by atoms with Crippen molar-refractivity contribution in [2.75, 3.05) is 13.2 Å². The van der Waals surface area contributed by atoms with Gasteiger partial charge in [-0.15, -0.1) is 10.8 Å². The van der Waals surface area contributed by atoms with Gasteiger partial charge in [0.1, 0.15) is 11.4 Å². The van der Waals surface area contributed by atoms with Crippen LogP contribution in [-0.4, -0.2) is 54.7 Å². The van der Waals surface area contributed by atoms with Crippen LogP contribution < -0.4 is 0 Å². The third-order valence-corrected chi connectivity index (χ3v) is 8.19. The molecule has 36 heavy (non-hydrogen) atoms. The van der Waals surface area contributed by atoms with Gasteiger partial charge in [0.25, 0.3) is 0 Å². The summed E-state index contributed by atoms with van der Waals surface area (Å²) in [4.78, 5) is 13.3. The van der Waals surface area contributed by atoms with Crippen LogP contribution in [0, 0.1) is 5.82 Å². The number of hydrogen-bond acceptors (Lipinski definition) is 7. The fourth-order valence-corrected chi connectivity index (χ4v) is 6.39. The van der Waals surface area contributed by atoms with E-state index < -0.39 is 34.1 Å². The van der Waals surface area contributed by atoms with E-state index in [0.717, 1.165) is 11.1 Å². The molecule has 1 fully saturated rings. The van der Waals surface area contributed by atoms with Gasteiger partial charge in [0.15, 0.2) is 5.79 Å². The number of benzene rings is 2. The van der Waals surface area contributed by atoms with Gasteiger partial charge >= 0.3 is 6.09 Å². The Morgan fingerprint density at radius 1 is 1.22 bits per heavy atom. The highest BCUT2D eigenvalue weighted by Crippen LogP contribution is 2.59. The molecule has 0 amide bonds. The van der Waals surface area contributed by atoms with Crippen molar-refractivity contribution in [3.05, 3.63) is 54.0 Å². The lowest BCUT2D eigenvalue weighted by molar-refractivity contribution is -0.139. The second-order valence-corrected chi connectivity index (χ2v) is 12.7. The van der Waals surface area contributed by atoms with Crippen molar-refractivity contribution in [2.45, 2.75) is 63.6 Å². The van der Waals surface area contributed by atoms with Crippen LogP contribution in [-0.2, 0) is 20.8 Å². The van der Waals surface area contributed by atoms with Crippen molar-refractivity contribution in [3.63, 3.8) is 0 Å². The van der Waals surface area contributed by atoms with Gasteiger partial charge in [-0.3, -0.25) is 13.7 Å². The average Bonchev–Trinajstić information content (AvgIpc) is 3.38. The van der Waals surface area contributed by atoms with E-state index in [9.17, 15) is 18.3 Å². The Labute approximate surface area is 211 Å². The Kier molecular flexibility index (Phi) is 5.98. The maximum Gasteiger partial charge on any atom is 0.419 e. The van der Waals surface area contributed by atoms with Gasteiger partial charge in [-0.2, -0.15) is 4.31 Å². The van der Waals surface area contributed by atoms with Crippen molar-refractivity contribution in [2.24, 2.45) is 0 Å². The van der Waals surface area contributed by atoms with Gasteiger partial charge in [-0.1, -0.05) is 6.07 Å². The SMILES string of the molecule is CC(C)(C)OC(=O)n1cc(-c2ccc3c(c2)CN(CC2COC(C)(C)O2)S3(O)O)c2ccc(F)cc21. The van der Waals surface area contributed by atoms with Crippen molar-refractivity contribution < 1.29 is 32.5 Å². The Bertz CT molecular complexity index is 1350. The molecule has 1 atom stereocenters. The molecule has 2 N–H and O–H groups in total. The summed E-state index contributed by atoms with van der Waals surface area (Å²) in [6.45, 7) is 9.98. The fourth-order valence-electron chi connectivity index (χ4n) is 4.70. The van der Waals surface area contributed by atoms with Crippen LogP contribution in [0.2, 0.25) is 0 Å². The maximum atomic E-state index is 14.1. The quantitative estimate of drug-likeness (QED) is 0.425. The molecular formula is C26H31FN2O6S.